The molecule has 2 atom stereocenters. The highest BCUT2D eigenvalue weighted by atomic mass is 16.3. The minimum atomic E-state index is -1.07. The summed E-state index contributed by atoms with van der Waals surface area (Å²) < 4.78 is 0. The molecule has 5 nitrogen and oxygen atoms in total. The van der Waals surface area contributed by atoms with Crippen LogP contribution in [0, 0.1) is 5.92 Å². The van der Waals surface area contributed by atoms with Gasteiger partial charge in [-0.15, -0.1) is 0 Å². The van der Waals surface area contributed by atoms with Gasteiger partial charge in [0.25, 0.3) is 0 Å². The normalized spacial score (nSPS) is 14.0. The van der Waals surface area contributed by atoms with Crippen molar-refractivity contribution in [3.8, 4) is 0 Å². The van der Waals surface area contributed by atoms with Crippen molar-refractivity contribution in [1.82, 2.24) is 5.32 Å². The summed E-state index contributed by atoms with van der Waals surface area (Å²) in [4.78, 5) is 23.2. The van der Waals surface area contributed by atoms with E-state index in [-0.39, 0.29) is 5.92 Å². The smallest absolute Gasteiger partial charge is 0.249 e. The maximum Gasteiger partial charge on any atom is 0.249 e. The molecule has 0 spiro atoms. The first-order valence-electron chi connectivity index (χ1n) is 8.16. The largest absolute Gasteiger partial charge is 0.383 e. The summed E-state index contributed by atoms with van der Waals surface area (Å²) in [7, 11) is 0. The number of aliphatic hydroxyl groups excluding tert-OH is 1. The van der Waals surface area contributed by atoms with Crippen molar-refractivity contribution < 1.29 is 14.7 Å². The van der Waals surface area contributed by atoms with Crippen LogP contribution in [0.25, 0.3) is 0 Å². The number of rotatable bonds is 12. The second-order valence-electron chi connectivity index (χ2n) is 6.17. The second kappa shape index (κ2) is 11.5. The molecular formula is C16H32N2O3. The predicted molar refractivity (Wildman–Crippen MR) is 84.6 cm³/mol. The van der Waals surface area contributed by atoms with Gasteiger partial charge in [-0.2, -0.15) is 0 Å². The van der Waals surface area contributed by atoms with Gasteiger partial charge in [-0.3, -0.25) is 9.59 Å². The van der Waals surface area contributed by atoms with Crippen molar-refractivity contribution in [1.29, 1.82) is 0 Å². The van der Waals surface area contributed by atoms with Crippen LogP contribution in [0.1, 0.15) is 72.1 Å². The number of hydrogen-bond donors (Lipinski definition) is 3. The van der Waals surface area contributed by atoms with Crippen LogP contribution in [-0.2, 0) is 9.59 Å². The molecule has 0 aromatic carbocycles. The third kappa shape index (κ3) is 10.3. The lowest BCUT2D eigenvalue weighted by Crippen LogP contribution is -2.48. The molecule has 0 aliphatic carbocycles. The number of unbranched alkanes of at least 4 members (excludes halogenated alkanes) is 5. The fraction of sp³-hybridized carbons (Fsp3) is 0.875. The van der Waals surface area contributed by atoms with Gasteiger partial charge >= 0.3 is 0 Å². The molecule has 0 bridgehead atoms. The van der Waals surface area contributed by atoms with Crippen molar-refractivity contribution in [2.24, 2.45) is 11.7 Å². The van der Waals surface area contributed by atoms with Gasteiger partial charge in [-0.05, 0) is 18.8 Å². The molecule has 4 N–H and O–H groups in total. The zero-order valence-corrected chi connectivity index (χ0v) is 13.7. The maximum absolute atomic E-state index is 11.8. The molecule has 124 valence electrons. The van der Waals surface area contributed by atoms with Crippen LogP contribution in [0.5, 0.6) is 0 Å². The zero-order chi connectivity index (χ0) is 16.3. The Morgan fingerprint density at radius 2 is 1.67 bits per heavy atom. The molecule has 0 saturated carbocycles. The molecule has 0 aliphatic rings. The van der Waals surface area contributed by atoms with E-state index in [1.54, 1.807) is 0 Å². The molecule has 5 heteroatoms. The van der Waals surface area contributed by atoms with Crippen molar-refractivity contribution in [3.63, 3.8) is 0 Å². The van der Waals surface area contributed by atoms with E-state index in [4.69, 9.17) is 5.73 Å². The Balaban J connectivity index is 4.07. The van der Waals surface area contributed by atoms with Crippen molar-refractivity contribution in [2.45, 2.75) is 84.3 Å². The van der Waals surface area contributed by atoms with Gasteiger partial charge in [-0.1, -0.05) is 59.3 Å². The van der Waals surface area contributed by atoms with Crippen LogP contribution in [0.2, 0.25) is 0 Å². The molecule has 0 saturated heterocycles. The quantitative estimate of drug-likeness (QED) is 0.482. The minimum Gasteiger partial charge on any atom is -0.383 e. The fourth-order valence-corrected chi connectivity index (χ4v) is 2.24. The van der Waals surface area contributed by atoms with Gasteiger partial charge < -0.3 is 16.2 Å². The summed E-state index contributed by atoms with van der Waals surface area (Å²) in [6.07, 6.45) is 6.53. The molecule has 0 rings (SSSR count). The standard InChI is InChI=1S/C16H32N2O3/c1-4-5-6-7-8-9-10-13(15(17)20)18-16(21)14(19)11-12(2)3/h12-14,19H,4-11H2,1-3H3,(H2,17,20)(H,18,21)/t13-,14+/m1/s1. The Labute approximate surface area is 128 Å². The van der Waals surface area contributed by atoms with Gasteiger partial charge in [0.05, 0.1) is 0 Å². The first-order chi connectivity index (χ1) is 9.88. The molecule has 0 radical (unpaired) electrons. The molecular weight excluding hydrogens is 268 g/mol. The van der Waals surface area contributed by atoms with Crippen LogP contribution < -0.4 is 11.1 Å². The van der Waals surface area contributed by atoms with E-state index in [1.165, 1.54) is 19.3 Å². The van der Waals surface area contributed by atoms with E-state index in [9.17, 15) is 14.7 Å². The van der Waals surface area contributed by atoms with Crippen LogP contribution in [0.15, 0.2) is 0 Å². The Hall–Kier alpha value is -1.10. The summed E-state index contributed by atoms with van der Waals surface area (Å²) in [5.74, 6) is -0.816. The Morgan fingerprint density at radius 1 is 1.10 bits per heavy atom. The van der Waals surface area contributed by atoms with Crippen molar-refractivity contribution in [2.75, 3.05) is 0 Å². The minimum absolute atomic E-state index is 0.219. The summed E-state index contributed by atoms with van der Waals surface area (Å²) in [6.45, 7) is 6.03. The second-order valence-corrected chi connectivity index (χ2v) is 6.17. The highest BCUT2D eigenvalue weighted by molar-refractivity contribution is 5.88. The van der Waals surface area contributed by atoms with Crippen LogP contribution in [-0.4, -0.2) is 29.1 Å². The molecule has 0 aromatic heterocycles. The number of hydrogen-bond acceptors (Lipinski definition) is 3. The van der Waals surface area contributed by atoms with E-state index < -0.39 is 24.0 Å². The number of nitrogens with two attached hydrogens (primary N) is 1. The number of aliphatic hydroxyl groups is 1. The van der Waals surface area contributed by atoms with Gasteiger partial charge in [0.15, 0.2) is 0 Å². The fourth-order valence-electron chi connectivity index (χ4n) is 2.24. The Morgan fingerprint density at radius 3 is 2.19 bits per heavy atom. The van der Waals surface area contributed by atoms with Crippen LogP contribution >= 0.6 is 0 Å². The predicted octanol–water partition coefficient (Wildman–Crippen LogP) is 2.11. The molecule has 0 aromatic rings. The lowest BCUT2D eigenvalue weighted by Gasteiger charge is -2.19. The first-order valence-corrected chi connectivity index (χ1v) is 8.16. The van der Waals surface area contributed by atoms with Crippen molar-refractivity contribution >= 4 is 11.8 Å². The van der Waals surface area contributed by atoms with Gasteiger partial charge in [-0.25, -0.2) is 0 Å². The van der Waals surface area contributed by atoms with E-state index in [1.807, 2.05) is 13.8 Å². The number of primary amides is 1. The van der Waals surface area contributed by atoms with Gasteiger partial charge in [0.2, 0.25) is 11.8 Å². The lowest BCUT2D eigenvalue weighted by molar-refractivity contribution is -0.133. The third-order valence-electron chi connectivity index (χ3n) is 3.50. The van der Waals surface area contributed by atoms with Crippen molar-refractivity contribution in [3.05, 3.63) is 0 Å². The summed E-state index contributed by atoms with van der Waals surface area (Å²) in [5, 5.41) is 12.3. The van der Waals surface area contributed by atoms with Crippen LogP contribution in [0.3, 0.4) is 0 Å². The number of carbonyl (C=O) groups is 2. The Kier molecular flexibility index (Phi) is 10.9. The SMILES string of the molecule is CCCCCCCC[C@@H](NC(=O)[C@@H](O)CC(C)C)C(N)=O. The molecule has 0 aliphatic heterocycles. The molecule has 0 unspecified atom stereocenters. The summed E-state index contributed by atoms with van der Waals surface area (Å²) in [5.41, 5.74) is 5.31. The maximum atomic E-state index is 11.8. The van der Waals surface area contributed by atoms with E-state index >= 15 is 0 Å². The number of nitrogens with one attached hydrogen (secondary N) is 1. The third-order valence-corrected chi connectivity index (χ3v) is 3.50. The zero-order valence-electron chi connectivity index (χ0n) is 13.7. The average molecular weight is 300 g/mol. The molecule has 21 heavy (non-hydrogen) atoms. The number of amides is 2. The summed E-state index contributed by atoms with van der Waals surface area (Å²) in [6, 6.07) is -0.675. The molecule has 0 fully saturated rings. The average Bonchev–Trinajstić information content (AvgIpc) is 2.39. The van der Waals surface area contributed by atoms with E-state index in [0.29, 0.717) is 12.8 Å². The topological polar surface area (TPSA) is 92.4 Å². The van der Waals surface area contributed by atoms with Gasteiger partial charge in [0.1, 0.15) is 12.1 Å². The van der Waals surface area contributed by atoms with E-state index in [2.05, 4.69) is 12.2 Å². The highest BCUT2D eigenvalue weighted by Crippen LogP contribution is 2.10. The monoisotopic (exact) mass is 300 g/mol. The Bertz CT molecular complexity index is 306. The molecule has 2 amide bonds. The van der Waals surface area contributed by atoms with Crippen LogP contribution in [0.4, 0.5) is 0 Å². The number of carbonyl (C=O) groups excluding carboxylic acids is 2. The highest BCUT2D eigenvalue weighted by Gasteiger charge is 2.22. The van der Waals surface area contributed by atoms with Gasteiger partial charge in [0, 0.05) is 0 Å². The summed E-state index contributed by atoms with van der Waals surface area (Å²) >= 11 is 0. The molecule has 0 heterocycles. The van der Waals surface area contributed by atoms with E-state index in [0.717, 1.165) is 19.3 Å². The first kappa shape index (κ1) is 19.9. The lowest BCUT2D eigenvalue weighted by atomic mass is 10.0.